The molecule has 362 valence electrons. The molecular formula is C43H64N12O11. The van der Waals surface area contributed by atoms with Crippen LogP contribution in [0.2, 0.25) is 0 Å². The minimum atomic E-state index is -1.70. The number of aliphatic hydroxyl groups excluding tert-OH is 2. The van der Waals surface area contributed by atoms with Gasteiger partial charge in [0.1, 0.15) is 42.0 Å². The van der Waals surface area contributed by atoms with Crippen molar-refractivity contribution < 1.29 is 54.0 Å². The summed E-state index contributed by atoms with van der Waals surface area (Å²) in [7, 11) is 0. The molecule has 0 aliphatic rings. The highest BCUT2D eigenvalue weighted by atomic mass is 16.4. The number of benzene rings is 2. The van der Waals surface area contributed by atoms with Gasteiger partial charge in [0, 0.05) is 36.5 Å². The molecule has 7 atom stereocenters. The number of aromatic nitrogens is 1. The van der Waals surface area contributed by atoms with Crippen LogP contribution in [0.15, 0.2) is 59.7 Å². The van der Waals surface area contributed by atoms with Crippen molar-refractivity contribution in [2.75, 3.05) is 26.3 Å². The first kappa shape index (κ1) is 53.5. The number of unbranched alkanes of at least 4 members (excludes halogenated alkanes) is 1. The Kier molecular flexibility index (Phi) is 21.8. The molecule has 1 heterocycles. The lowest BCUT2D eigenvalue weighted by atomic mass is 10.0. The first-order valence-electron chi connectivity index (χ1n) is 21.5. The molecule has 23 heteroatoms. The van der Waals surface area contributed by atoms with E-state index in [4.69, 9.17) is 22.9 Å². The van der Waals surface area contributed by atoms with Gasteiger partial charge in [-0.25, -0.2) is 4.79 Å². The number of carboxylic acid groups (broad SMARTS) is 1. The van der Waals surface area contributed by atoms with E-state index in [-0.39, 0.29) is 50.5 Å². The maximum atomic E-state index is 14.0. The summed E-state index contributed by atoms with van der Waals surface area (Å²) in [4.78, 5) is 101. The number of aromatic amines is 1. The molecule has 0 spiro atoms. The lowest BCUT2D eigenvalue weighted by Crippen LogP contribution is -2.61. The molecule has 23 nitrogen and oxygen atoms in total. The van der Waals surface area contributed by atoms with Crippen molar-refractivity contribution in [3.05, 3.63) is 65.9 Å². The van der Waals surface area contributed by atoms with Gasteiger partial charge in [-0.15, -0.1) is 0 Å². The van der Waals surface area contributed by atoms with E-state index in [1.807, 2.05) is 0 Å². The number of fused-ring (bicyclic) bond motifs is 1. The molecule has 3 aromatic rings. The predicted octanol–water partition coefficient (Wildman–Crippen LogP) is -3.20. The lowest BCUT2D eigenvalue weighted by molar-refractivity contribution is -0.144. The molecule has 0 bridgehead atoms. The summed E-state index contributed by atoms with van der Waals surface area (Å²) in [6, 6.07) is 3.08. The summed E-state index contributed by atoms with van der Waals surface area (Å²) >= 11 is 0. The molecule has 0 radical (unpaired) electrons. The molecule has 0 aliphatic carbocycles. The molecule has 3 rings (SSSR count). The summed E-state index contributed by atoms with van der Waals surface area (Å²) in [5, 5.41) is 55.4. The molecule has 0 saturated heterocycles. The van der Waals surface area contributed by atoms with Crippen LogP contribution in [0.3, 0.4) is 0 Å². The van der Waals surface area contributed by atoms with Crippen molar-refractivity contribution in [3.63, 3.8) is 0 Å². The highest BCUT2D eigenvalue weighted by Gasteiger charge is 2.34. The summed E-state index contributed by atoms with van der Waals surface area (Å²) in [6.45, 7) is 1.66. The average Bonchev–Trinajstić information content (AvgIpc) is 3.69. The van der Waals surface area contributed by atoms with Crippen molar-refractivity contribution in [2.24, 2.45) is 33.8 Å². The smallest absolute Gasteiger partial charge is 0.326 e. The van der Waals surface area contributed by atoms with Gasteiger partial charge in [-0.3, -0.25) is 33.8 Å². The number of phenols is 1. The molecular weight excluding hydrogens is 861 g/mol. The number of nitrogens with one attached hydrogen (secondary N) is 7. The van der Waals surface area contributed by atoms with Gasteiger partial charge in [0.15, 0.2) is 5.96 Å². The molecule has 0 fully saturated rings. The fraction of sp³-hybridized carbons (Fsp3) is 0.488. The van der Waals surface area contributed by atoms with Crippen LogP contribution in [0, 0.1) is 5.92 Å². The molecule has 2 aromatic carbocycles. The second-order valence-corrected chi connectivity index (χ2v) is 16.0. The third-order valence-electron chi connectivity index (χ3n) is 10.5. The van der Waals surface area contributed by atoms with Gasteiger partial charge in [-0.2, -0.15) is 0 Å². The highest BCUT2D eigenvalue weighted by Crippen LogP contribution is 2.20. The maximum Gasteiger partial charge on any atom is 0.326 e. The Morgan fingerprint density at radius 1 is 0.667 bits per heavy atom. The normalized spacial score (nSPS) is 14.3. The van der Waals surface area contributed by atoms with Crippen LogP contribution in [0.5, 0.6) is 5.75 Å². The van der Waals surface area contributed by atoms with Crippen LogP contribution >= 0.6 is 0 Å². The number of nitrogens with two attached hydrogens (primary N) is 4. The number of hydrogen-bond donors (Lipinski definition) is 15. The summed E-state index contributed by atoms with van der Waals surface area (Å²) in [5.74, 6) is -7.45. The van der Waals surface area contributed by atoms with Crippen molar-refractivity contribution in [1.82, 2.24) is 36.9 Å². The number of aliphatic imine (C=N–C) groups is 1. The van der Waals surface area contributed by atoms with Crippen LogP contribution in [0.25, 0.3) is 10.9 Å². The monoisotopic (exact) mass is 924 g/mol. The van der Waals surface area contributed by atoms with Gasteiger partial charge in [-0.05, 0) is 73.9 Å². The number of aliphatic carboxylic acids is 1. The van der Waals surface area contributed by atoms with E-state index in [1.165, 1.54) is 12.1 Å². The topological polar surface area (TPSA) is 405 Å². The molecule has 0 saturated carbocycles. The first-order chi connectivity index (χ1) is 31.4. The SMILES string of the molecule is CC(C)C(NC(=O)C(CO)NC(=O)C(Cc1c[nH]c2ccccc12)NC(=O)C(CO)NC(=O)C(CCCCN)NC(=O)C(Cc1ccc(O)cc1)NC(=O)C(N)CCCN=C(N)N)C(=O)O. The average molecular weight is 925 g/mol. The van der Waals surface area contributed by atoms with E-state index in [2.05, 4.69) is 41.9 Å². The maximum absolute atomic E-state index is 14.0. The van der Waals surface area contributed by atoms with Gasteiger partial charge in [-0.1, -0.05) is 44.2 Å². The highest BCUT2D eigenvalue weighted by molar-refractivity contribution is 5.97. The second-order valence-electron chi connectivity index (χ2n) is 16.0. The molecule has 7 unspecified atom stereocenters. The molecule has 66 heavy (non-hydrogen) atoms. The zero-order chi connectivity index (χ0) is 48.9. The van der Waals surface area contributed by atoms with Gasteiger partial charge in [0.05, 0.1) is 19.3 Å². The van der Waals surface area contributed by atoms with Gasteiger partial charge in [0.25, 0.3) is 0 Å². The quantitative estimate of drug-likeness (QED) is 0.0194. The number of H-pyrrole nitrogens is 1. The zero-order valence-electron chi connectivity index (χ0n) is 37.0. The van der Waals surface area contributed by atoms with Crippen molar-refractivity contribution in [3.8, 4) is 5.75 Å². The number of carbonyl (C=O) groups is 7. The fourth-order valence-corrected chi connectivity index (χ4v) is 6.74. The minimum Gasteiger partial charge on any atom is -0.508 e. The third kappa shape index (κ3) is 17.0. The molecule has 19 N–H and O–H groups in total. The van der Waals surface area contributed by atoms with Crippen LogP contribution in [0.4, 0.5) is 0 Å². The number of guanidine groups is 1. The number of phenolic OH excluding ortho intramolecular Hbond substituents is 1. The minimum absolute atomic E-state index is 0.00841. The van der Waals surface area contributed by atoms with Crippen LogP contribution in [-0.4, -0.2) is 141 Å². The molecule has 0 aliphatic heterocycles. The number of aliphatic hydroxyl groups is 2. The summed E-state index contributed by atoms with van der Waals surface area (Å²) in [5.41, 5.74) is 24.3. The van der Waals surface area contributed by atoms with E-state index < -0.39 is 103 Å². The van der Waals surface area contributed by atoms with Gasteiger partial charge >= 0.3 is 5.97 Å². The van der Waals surface area contributed by atoms with Gasteiger partial charge < -0.3 is 80.2 Å². The van der Waals surface area contributed by atoms with Crippen molar-refractivity contribution in [1.29, 1.82) is 0 Å². The Morgan fingerprint density at radius 2 is 1.20 bits per heavy atom. The third-order valence-corrected chi connectivity index (χ3v) is 10.5. The van der Waals surface area contributed by atoms with Crippen molar-refractivity contribution >= 4 is 58.3 Å². The number of carboxylic acids is 1. The van der Waals surface area contributed by atoms with E-state index >= 15 is 0 Å². The Morgan fingerprint density at radius 3 is 1.77 bits per heavy atom. The number of amides is 6. The Balaban J connectivity index is 1.86. The summed E-state index contributed by atoms with van der Waals surface area (Å²) < 4.78 is 0. The molecule has 1 aromatic heterocycles. The Hall–Kier alpha value is -6.82. The number of aromatic hydroxyl groups is 1. The number of para-hydroxylation sites is 1. The van der Waals surface area contributed by atoms with E-state index in [9.17, 15) is 54.0 Å². The standard InChI is InChI=1S/C43H64N12O11/c1-23(2)35(42(65)66)55-41(64)34(22-57)54-39(62)32(19-25-20-49-29-10-4-3-8-27(25)29)52-40(63)33(21-56)53-37(60)30(11-5-6-16-44)50-38(61)31(18-24-12-14-26(58)15-13-24)51-36(59)28(45)9-7-17-48-43(46)47/h3-4,8,10,12-15,20,23,28,30-35,49,56-58H,5-7,9,11,16-19,21-22,44-45H2,1-2H3,(H,50,61)(H,51,59)(H,52,63)(H,53,60)(H,54,62)(H,55,64)(H,65,66)(H4,46,47,48). The predicted molar refractivity (Wildman–Crippen MR) is 243 cm³/mol. The number of hydrogen-bond acceptors (Lipinski definition) is 13. The fourth-order valence-electron chi connectivity index (χ4n) is 6.74. The van der Waals surface area contributed by atoms with Crippen molar-refractivity contribution in [2.45, 2.75) is 101 Å². The second kappa shape index (κ2) is 26.8. The largest absolute Gasteiger partial charge is 0.508 e. The van der Waals surface area contributed by atoms with Crippen LogP contribution in [-0.2, 0) is 46.4 Å². The van der Waals surface area contributed by atoms with Crippen LogP contribution < -0.4 is 54.8 Å². The number of nitrogens with zero attached hydrogens (tertiary/aromatic N) is 1. The summed E-state index contributed by atoms with van der Waals surface area (Å²) in [6.07, 6.45) is 2.62. The van der Waals surface area contributed by atoms with Crippen LogP contribution in [0.1, 0.15) is 57.1 Å². The molecule has 6 amide bonds. The lowest BCUT2D eigenvalue weighted by Gasteiger charge is -2.27. The Labute approximate surface area is 381 Å². The van der Waals surface area contributed by atoms with E-state index in [1.54, 1.807) is 56.4 Å². The van der Waals surface area contributed by atoms with Gasteiger partial charge in [0.2, 0.25) is 35.4 Å². The van der Waals surface area contributed by atoms with E-state index in [0.717, 1.165) is 0 Å². The number of rotatable bonds is 28. The Bertz CT molecular complexity index is 2130. The van der Waals surface area contributed by atoms with E-state index in [0.29, 0.717) is 41.3 Å². The number of carbonyl (C=O) groups excluding carboxylic acids is 6. The zero-order valence-corrected chi connectivity index (χ0v) is 37.0. The first-order valence-corrected chi connectivity index (χ1v) is 21.5.